The Labute approximate surface area is 402 Å². The van der Waals surface area contributed by atoms with Crippen molar-refractivity contribution in [1.29, 1.82) is 0 Å². The van der Waals surface area contributed by atoms with Gasteiger partial charge in [0.1, 0.15) is 17.2 Å². The normalized spacial score (nSPS) is 11.7. The molecule has 0 fully saturated rings. The molecule has 0 aliphatic carbocycles. The molecule has 14 rings (SSSR count). The molecule has 70 heavy (non-hydrogen) atoms. The molecular formula is C63H40N6O. The zero-order valence-electron chi connectivity index (χ0n) is 37.7. The Bertz CT molecular complexity index is 4100. The molecule has 0 unspecified atom stereocenters. The van der Waals surface area contributed by atoms with Gasteiger partial charge in [0.15, 0.2) is 5.58 Å². The summed E-state index contributed by atoms with van der Waals surface area (Å²) in [6.07, 6.45) is 3.75. The molecular weight excluding hydrogens is 857 g/mol. The molecule has 0 spiro atoms. The zero-order chi connectivity index (χ0) is 46.1. The van der Waals surface area contributed by atoms with Gasteiger partial charge in [-0.2, -0.15) is 0 Å². The maximum absolute atomic E-state index is 6.23. The van der Waals surface area contributed by atoms with Crippen molar-refractivity contribution in [3.63, 3.8) is 0 Å². The number of nitrogens with zero attached hydrogens (tertiary/aromatic N) is 6. The highest BCUT2D eigenvalue weighted by atomic mass is 16.3. The maximum Gasteiger partial charge on any atom is 0.154 e. The Hall–Kier alpha value is -9.59. The fraction of sp³-hybridized carbons (Fsp3) is 0. The Kier molecular flexibility index (Phi) is 9.07. The highest BCUT2D eigenvalue weighted by molar-refractivity contribution is 6.12. The van der Waals surface area contributed by atoms with Crippen molar-refractivity contribution in [2.75, 3.05) is 4.90 Å². The van der Waals surface area contributed by atoms with Gasteiger partial charge in [-0.15, -0.1) is 0 Å². The van der Waals surface area contributed by atoms with Crippen LogP contribution in [0.4, 0.5) is 17.1 Å². The van der Waals surface area contributed by atoms with Crippen LogP contribution in [-0.2, 0) is 0 Å². The lowest BCUT2D eigenvalue weighted by atomic mass is 10.0. The fourth-order valence-corrected chi connectivity index (χ4v) is 10.3. The number of imidazole rings is 2. The van der Waals surface area contributed by atoms with E-state index in [1.54, 1.807) is 6.20 Å². The number of hydrogen-bond acceptors (Lipinski definition) is 5. The predicted octanol–water partition coefficient (Wildman–Crippen LogP) is 16.4. The molecule has 4 heterocycles. The third-order valence-electron chi connectivity index (χ3n) is 13.6. The van der Waals surface area contributed by atoms with E-state index in [0.717, 1.165) is 128 Å². The Balaban J connectivity index is 0.886. The van der Waals surface area contributed by atoms with Gasteiger partial charge in [0.25, 0.3) is 0 Å². The van der Waals surface area contributed by atoms with Gasteiger partial charge in [0, 0.05) is 62.1 Å². The van der Waals surface area contributed by atoms with Crippen molar-refractivity contribution < 1.29 is 4.42 Å². The van der Waals surface area contributed by atoms with E-state index >= 15 is 0 Å². The van der Waals surface area contributed by atoms with E-state index < -0.39 is 0 Å². The predicted molar refractivity (Wildman–Crippen MR) is 287 cm³/mol. The van der Waals surface area contributed by atoms with Crippen LogP contribution in [0, 0.1) is 0 Å². The highest BCUT2D eigenvalue weighted by Gasteiger charge is 2.20. The summed E-state index contributed by atoms with van der Waals surface area (Å²) in [5.74, 6) is 1.82. The molecule has 0 bridgehead atoms. The van der Waals surface area contributed by atoms with Crippen LogP contribution in [0.1, 0.15) is 0 Å². The second-order valence-electron chi connectivity index (χ2n) is 17.7. The number of furan rings is 1. The van der Waals surface area contributed by atoms with Gasteiger partial charge >= 0.3 is 0 Å². The van der Waals surface area contributed by atoms with E-state index in [-0.39, 0.29) is 0 Å². The number of hydrogen-bond donors (Lipinski definition) is 0. The number of para-hydroxylation sites is 7. The van der Waals surface area contributed by atoms with Crippen LogP contribution in [-0.4, -0.2) is 24.1 Å². The van der Waals surface area contributed by atoms with Crippen LogP contribution in [0.15, 0.2) is 247 Å². The molecule has 10 aromatic carbocycles. The summed E-state index contributed by atoms with van der Waals surface area (Å²) in [4.78, 5) is 17.3. The summed E-state index contributed by atoms with van der Waals surface area (Å²) in [5, 5.41) is 6.65. The van der Waals surface area contributed by atoms with Gasteiger partial charge in [-0.3, -0.25) is 14.1 Å². The number of fused-ring (bicyclic) bond motifs is 7. The second kappa shape index (κ2) is 16.0. The van der Waals surface area contributed by atoms with E-state index in [2.05, 4.69) is 213 Å². The SMILES string of the molecule is c1ccc(-n2c(-c3ccc4cc(N(c5ccc(-c6cncc7oc8ccccc8c67)cc5)c5ccc6cc(-c7nc8ccccc8n7-c7ccccc7)ccc6c5)ccc4c3)nc3ccccc32)cc1. The van der Waals surface area contributed by atoms with E-state index in [1.165, 1.54) is 0 Å². The zero-order valence-corrected chi connectivity index (χ0v) is 37.7. The third-order valence-corrected chi connectivity index (χ3v) is 13.6. The molecule has 7 heteroatoms. The van der Waals surface area contributed by atoms with Crippen molar-refractivity contribution >= 4 is 82.6 Å². The molecule has 0 aliphatic rings. The van der Waals surface area contributed by atoms with Crippen LogP contribution >= 0.6 is 0 Å². The minimum Gasteiger partial charge on any atom is -0.454 e. The van der Waals surface area contributed by atoms with E-state index in [1.807, 2.05) is 42.6 Å². The first-order valence-electron chi connectivity index (χ1n) is 23.5. The molecule has 4 aromatic heterocycles. The monoisotopic (exact) mass is 896 g/mol. The quantitative estimate of drug-likeness (QED) is 0.152. The number of rotatable bonds is 8. The molecule has 0 radical (unpaired) electrons. The van der Waals surface area contributed by atoms with Gasteiger partial charge < -0.3 is 9.32 Å². The number of pyridine rings is 1. The third kappa shape index (κ3) is 6.55. The average Bonchev–Trinajstić information content (AvgIpc) is 4.14. The van der Waals surface area contributed by atoms with Crippen LogP contribution in [0.5, 0.6) is 0 Å². The molecule has 7 nitrogen and oxygen atoms in total. The minimum atomic E-state index is 0.776. The highest BCUT2D eigenvalue weighted by Crippen LogP contribution is 2.42. The summed E-state index contributed by atoms with van der Waals surface area (Å²) < 4.78 is 10.7. The summed E-state index contributed by atoms with van der Waals surface area (Å²) in [5.41, 5.74) is 15.2. The molecule has 14 aromatic rings. The Morgan fingerprint density at radius 2 is 0.843 bits per heavy atom. The lowest BCUT2D eigenvalue weighted by molar-refractivity contribution is 0.667. The van der Waals surface area contributed by atoms with Gasteiger partial charge in [0.2, 0.25) is 0 Å². The van der Waals surface area contributed by atoms with Crippen LogP contribution in [0.3, 0.4) is 0 Å². The standard InChI is InChI=1S/C63H40N6O/c1-3-13-48(14-4-1)68-57-20-10-8-18-55(57)65-62(68)46-25-23-44-37-51(33-29-42(44)35-46)67(50-31-27-41(28-32-50)54-39-64-40-60-61(54)53-17-7-12-22-59(53)70-60)52-34-30-43-36-47(26-24-45(43)38-52)63-66-56-19-9-11-21-58(56)69(63)49-15-5-2-6-16-49/h1-40H. The first-order chi connectivity index (χ1) is 34.7. The molecule has 0 saturated heterocycles. The molecule has 328 valence electrons. The molecule has 0 saturated carbocycles. The van der Waals surface area contributed by atoms with E-state index in [4.69, 9.17) is 14.4 Å². The van der Waals surface area contributed by atoms with Crippen LogP contribution in [0.25, 0.3) is 111 Å². The number of aromatic nitrogens is 5. The topological polar surface area (TPSA) is 64.9 Å². The Morgan fingerprint density at radius 1 is 0.371 bits per heavy atom. The first kappa shape index (κ1) is 39.6. The summed E-state index contributed by atoms with van der Waals surface area (Å²) >= 11 is 0. The lowest BCUT2D eigenvalue weighted by Crippen LogP contribution is -2.10. The van der Waals surface area contributed by atoms with E-state index in [0.29, 0.717) is 0 Å². The smallest absolute Gasteiger partial charge is 0.154 e. The van der Waals surface area contributed by atoms with Gasteiger partial charge in [-0.25, -0.2) is 9.97 Å². The number of benzene rings is 10. The lowest BCUT2D eigenvalue weighted by Gasteiger charge is -2.26. The average molecular weight is 897 g/mol. The molecule has 0 N–H and O–H groups in total. The minimum absolute atomic E-state index is 0.776. The van der Waals surface area contributed by atoms with Crippen molar-refractivity contribution in [2.45, 2.75) is 0 Å². The fourth-order valence-electron chi connectivity index (χ4n) is 10.3. The van der Waals surface area contributed by atoms with Crippen LogP contribution < -0.4 is 4.90 Å². The Morgan fingerprint density at radius 3 is 1.43 bits per heavy atom. The first-order valence-corrected chi connectivity index (χ1v) is 23.5. The largest absolute Gasteiger partial charge is 0.454 e. The van der Waals surface area contributed by atoms with Crippen molar-refractivity contribution in [3.05, 3.63) is 243 Å². The van der Waals surface area contributed by atoms with Crippen molar-refractivity contribution in [1.82, 2.24) is 24.1 Å². The molecule has 0 amide bonds. The number of anilines is 3. The summed E-state index contributed by atoms with van der Waals surface area (Å²) in [6, 6.07) is 81.4. The maximum atomic E-state index is 6.23. The molecule has 0 aliphatic heterocycles. The van der Waals surface area contributed by atoms with Crippen molar-refractivity contribution in [3.8, 4) is 45.3 Å². The molecule has 0 atom stereocenters. The van der Waals surface area contributed by atoms with E-state index in [9.17, 15) is 0 Å². The van der Waals surface area contributed by atoms with Gasteiger partial charge in [-0.05, 0) is 130 Å². The van der Waals surface area contributed by atoms with Gasteiger partial charge in [0.05, 0.1) is 28.3 Å². The van der Waals surface area contributed by atoms with Crippen molar-refractivity contribution in [2.24, 2.45) is 0 Å². The second-order valence-corrected chi connectivity index (χ2v) is 17.7. The van der Waals surface area contributed by atoms with Crippen LogP contribution in [0.2, 0.25) is 0 Å². The summed E-state index contributed by atoms with van der Waals surface area (Å²) in [6.45, 7) is 0. The summed E-state index contributed by atoms with van der Waals surface area (Å²) in [7, 11) is 0. The van der Waals surface area contributed by atoms with Gasteiger partial charge in [-0.1, -0.05) is 127 Å².